The topological polar surface area (TPSA) is 51.7 Å². The summed E-state index contributed by atoms with van der Waals surface area (Å²) in [6.07, 6.45) is 6.83. The van der Waals surface area contributed by atoms with Crippen molar-refractivity contribution in [2.45, 2.75) is 38.1 Å². The maximum absolute atomic E-state index is 13.3. The van der Waals surface area contributed by atoms with Crippen LogP contribution in [0.15, 0.2) is 54.7 Å². The van der Waals surface area contributed by atoms with Gasteiger partial charge in [0.25, 0.3) is 5.91 Å². The zero-order chi connectivity index (χ0) is 21.6. The number of hydrogen-bond acceptors (Lipinski definition) is 5. The minimum Gasteiger partial charge on any atom is -0.493 e. The molecule has 1 aliphatic rings. The van der Waals surface area contributed by atoms with Gasteiger partial charge in [-0.05, 0) is 49.8 Å². The molecule has 1 unspecified atom stereocenters. The van der Waals surface area contributed by atoms with Crippen LogP contribution in [0.4, 0.5) is 0 Å². The molecule has 0 aliphatic carbocycles. The molecule has 4 rings (SSSR count). The molecule has 3 aromatic rings. The van der Waals surface area contributed by atoms with E-state index in [1.165, 1.54) is 23.3 Å². The molecule has 1 aliphatic heterocycles. The molecule has 0 saturated carbocycles. The van der Waals surface area contributed by atoms with Gasteiger partial charge in [-0.25, -0.2) is 4.98 Å². The SMILES string of the molecule is COc1ccc(CCC2CCCCN2C(=O)c2cnc(-c3ccccc3)s2)cc1OC. The lowest BCUT2D eigenvalue weighted by Gasteiger charge is -2.35. The summed E-state index contributed by atoms with van der Waals surface area (Å²) < 4.78 is 10.8. The van der Waals surface area contributed by atoms with Crippen LogP contribution >= 0.6 is 11.3 Å². The first-order valence-electron chi connectivity index (χ1n) is 10.7. The van der Waals surface area contributed by atoms with E-state index in [0.717, 1.165) is 59.2 Å². The number of carbonyl (C=O) groups excluding carboxylic acids is 1. The third-order valence-corrected chi connectivity index (χ3v) is 6.87. The highest BCUT2D eigenvalue weighted by atomic mass is 32.1. The summed E-state index contributed by atoms with van der Waals surface area (Å²) in [5.41, 5.74) is 2.25. The van der Waals surface area contributed by atoms with Gasteiger partial charge in [0.2, 0.25) is 0 Å². The lowest BCUT2D eigenvalue weighted by atomic mass is 9.95. The molecule has 1 fully saturated rings. The lowest BCUT2D eigenvalue weighted by Crippen LogP contribution is -2.43. The Morgan fingerprint density at radius 3 is 2.68 bits per heavy atom. The predicted octanol–water partition coefficient (Wildman–Crippen LogP) is 5.45. The Bertz CT molecular complexity index is 1020. The van der Waals surface area contributed by atoms with Gasteiger partial charge in [0, 0.05) is 18.2 Å². The van der Waals surface area contributed by atoms with Gasteiger partial charge in [-0.15, -0.1) is 11.3 Å². The van der Waals surface area contributed by atoms with Crippen molar-refractivity contribution in [3.63, 3.8) is 0 Å². The normalized spacial score (nSPS) is 16.2. The quantitative estimate of drug-likeness (QED) is 0.494. The van der Waals surface area contributed by atoms with Gasteiger partial charge in [0.05, 0.1) is 20.4 Å². The second-order valence-corrected chi connectivity index (χ2v) is 8.80. The van der Waals surface area contributed by atoms with Crippen LogP contribution in [0.2, 0.25) is 0 Å². The molecule has 0 radical (unpaired) electrons. The number of aromatic nitrogens is 1. The average Bonchev–Trinajstić information content (AvgIpc) is 3.33. The first kappa shape index (κ1) is 21.4. The van der Waals surface area contributed by atoms with Gasteiger partial charge in [-0.1, -0.05) is 36.4 Å². The highest BCUT2D eigenvalue weighted by Crippen LogP contribution is 2.31. The molecule has 31 heavy (non-hydrogen) atoms. The largest absolute Gasteiger partial charge is 0.493 e. The first-order chi connectivity index (χ1) is 15.2. The molecular formula is C25H28N2O3S. The summed E-state index contributed by atoms with van der Waals surface area (Å²) in [6, 6.07) is 16.3. The lowest BCUT2D eigenvalue weighted by molar-refractivity contribution is 0.0606. The van der Waals surface area contributed by atoms with Crippen LogP contribution in [0.5, 0.6) is 11.5 Å². The van der Waals surface area contributed by atoms with Crippen LogP contribution in [0.1, 0.15) is 40.9 Å². The molecule has 1 amide bonds. The second kappa shape index (κ2) is 9.96. The van der Waals surface area contributed by atoms with Gasteiger partial charge < -0.3 is 14.4 Å². The predicted molar refractivity (Wildman–Crippen MR) is 124 cm³/mol. The smallest absolute Gasteiger partial charge is 0.265 e. The number of aryl methyl sites for hydroxylation is 1. The van der Waals surface area contributed by atoms with Crippen LogP contribution in [0, 0.1) is 0 Å². The molecule has 0 bridgehead atoms. The Labute approximate surface area is 187 Å². The van der Waals surface area contributed by atoms with E-state index in [-0.39, 0.29) is 11.9 Å². The Morgan fingerprint density at radius 1 is 1.10 bits per heavy atom. The van der Waals surface area contributed by atoms with Gasteiger partial charge >= 0.3 is 0 Å². The summed E-state index contributed by atoms with van der Waals surface area (Å²) in [5.74, 6) is 1.59. The van der Waals surface area contributed by atoms with E-state index in [1.54, 1.807) is 20.4 Å². The van der Waals surface area contributed by atoms with Crippen molar-refractivity contribution in [3.05, 3.63) is 65.2 Å². The molecule has 0 spiro atoms. The fraction of sp³-hybridized carbons (Fsp3) is 0.360. The van der Waals surface area contributed by atoms with E-state index in [2.05, 4.69) is 16.0 Å². The Hall–Kier alpha value is -2.86. The molecule has 2 aromatic carbocycles. The van der Waals surface area contributed by atoms with Crippen molar-refractivity contribution < 1.29 is 14.3 Å². The molecule has 1 aromatic heterocycles. The third-order valence-electron chi connectivity index (χ3n) is 5.84. The van der Waals surface area contributed by atoms with Crippen LogP contribution in [0.3, 0.4) is 0 Å². The first-order valence-corrected chi connectivity index (χ1v) is 11.5. The van der Waals surface area contributed by atoms with Crippen molar-refractivity contribution in [2.24, 2.45) is 0 Å². The van der Waals surface area contributed by atoms with Crippen molar-refractivity contribution in [2.75, 3.05) is 20.8 Å². The Morgan fingerprint density at radius 2 is 1.90 bits per heavy atom. The number of rotatable bonds is 7. The summed E-state index contributed by atoms with van der Waals surface area (Å²) >= 11 is 1.48. The van der Waals surface area contributed by atoms with E-state index in [0.29, 0.717) is 0 Å². The molecule has 1 saturated heterocycles. The minimum absolute atomic E-state index is 0.108. The third kappa shape index (κ3) is 4.90. The molecule has 162 valence electrons. The fourth-order valence-corrected chi connectivity index (χ4v) is 5.04. The minimum atomic E-state index is 0.108. The zero-order valence-corrected chi connectivity index (χ0v) is 18.9. The van der Waals surface area contributed by atoms with Crippen LogP contribution in [0.25, 0.3) is 10.6 Å². The summed E-state index contributed by atoms with van der Waals surface area (Å²) in [4.78, 5) is 20.6. The molecule has 6 heteroatoms. The van der Waals surface area contributed by atoms with Gasteiger partial charge in [-0.2, -0.15) is 0 Å². The molecule has 5 nitrogen and oxygen atoms in total. The second-order valence-electron chi connectivity index (χ2n) is 7.77. The number of nitrogens with zero attached hydrogens (tertiary/aromatic N) is 2. The fourth-order valence-electron chi connectivity index (χ4n) is 4.17. The molecule has 1 atom stereocenters. The van der Waals surface area contributed by atoms with Gasteiger partial charge in [-0.3, -0.25) is 4.79 Å². The standard InChI is InChI=1S/C25H28N2O3S/c1-29-21-14-12-18(16-22(21)30-2)11-13-20-10-6-7-15-27(20)25(28)23-17-26-24(31-23)19-8-4-3-5-9-19/h3-5,8-9,12,14,16-17,20H,6-7,10-11,13,15H2,1-2H3. The number of piperidine rings is 1. The van der Waals surface area contributed by atoms with Crippen molar-refractivity contribution in [1.82, 2.24) is 9.88 Å². The summed E-state index contributed by atoms with van der Waals surface area (Å²) in [6.45, 7) is 0.813. The van der Waals surface area contributed by atoms with Crippen molar-refractivity contribution in [1.29, 1.82) is 0 Å². The zero-order valence-electron chi connectivity index (χ0n) is 18.0. The number of carbonyl (C=O) groups is 1. The number of benzene rings is 2. The van der Waals surface area contributed by atoms with E-state index in [9.17, 15) is 4.79 Å². The highest BCUT2D eigenvalue weighted by molar-refractivity contribution is 7.16. The van der Waals surface area contributed by atoms with E-state index >= 15 is 0 Å². The monoisotopic (exact) mass is 436 g/mol. The molecular weight excluding hydrogens is 408 g/mol. The van der Waals surface area contributed by atoms with Crippen molar-refractivity contribution in [3.8, 4) is 22.1 Å². The number of thiazole rings is 1. The number of amides is 1. The van der Waals surface area contributed by atoms with Gasteiger partial charge in [0.15, 0.2) is 11.5 Å². The summed E-state index contributed by atoms with van der Waals surface area (Å²) in [5, 5.41) is 0.892. The van der Waals surface area contributed by atoms with Crippen LogP contribution < -0.4 is 9.47 Å². The highest BCUT2D eigenvalue weighted by Gasteiger charge is 2.28. The average molecular weight is 437 g/mol. The Balaban J connectivity index is 1.45. The summed E-state index contributed by atoms with van der Waals surface area (Å²) in [7, 11) is 3.30. The molecule has 2 heterocycles. The van der Waals surface area contributed by atoms with E-state index in [1.807, 2.05) is 42.5 Å². The van der Waals surface area contributed by atoms with Crippen molar-refractivity contribution >= 4 is 17.2 Å². The maximum Gasteiger partial charge on any atom is 0.265 e. The Kier molecular flexibility index (Phi) is 6.87. The number of hydrogen-bond donors (Lipinski definition) is 0. The van der Waals surface area contributed by atoms with Gasteiger partial charge in [0.1, 0.15) is 9.88 Å². The number of likely N-dealkylation sites (tertiary alicyclic amines) is 1. The number of methoxy groups -OCH3 is 2. The van der Waals surface area contributed by atoms with E-state index in [4.69, 9.17) is 9.47 Å². The number of ether oxygens (including phenoxy) is 2. The maximum atomic E-state index is 13.3. The van der Waals surface area contributed by atoms with E-state index < -0.39 is 0 Å². The van der Waals surface area contributed by atoms with Crippen LogP contribution in [-0.4, -0.2) is 42.6 Å². The molecule has 0 N–H and O–H groups in total. The van der Waals surface area contributed by atoms with Crippen LogP contribution in [-0.2, 0) is 6.42 Å².